The predicted octanol–water partition coefficient (Wildman–Crippen LogP) is 5.87. The van der Waals surface area contributed by atoms with Crippen molar-refractivity contribution in [3.8, 4) is 0 Å². The lowest BCUT2D eigenvalue weighted by molar-refractivity contribution is -0.160. The number of hydrogen-bond donors (Lipinski definition) is 0. The fraction of sp³-hybridized carbons (Fsp3) is 0.840. The van der Waals surface area contributed by atoms with Gasteiger partial charge >= 0.3 is 5.97 Å². The summed E-state index contributed by atoms with van der Waals surface area (Å²) >= 11 is 0. The largest absolute Gasteiger partial charge is 0.462 e. The van der Waals surface area contributed by atoms with Crippen LogP contribution < -0.4 is 0 Å². The van der Waals surface area contributed by atoms with Crippen molar-refractivity contribution in [1.29, 1.82) is 0 Å². The van der Waals surface area contributed by atoms with E-state index in [1.165, 1.54) is 24.8 Å². The van der Waals surface area contributed by atoms with E-state index in [0.717, 1.165) is 44.4 Å². The van der Waals surface area contributed by atoms with Crippen LogP contribution in [0.1, 0.15) is 91.9 Å². The Hall–Kier alpha value is -1.12. The number of carbonyl (C=O) groups excluding carboxylic acids is 2. The second-order valence-electron chi connectivity index (χ2n) is 11.0. The molecule has 28 heavy (non-hydrogen) atoms. The molecule has 0 saturated heterocycles. The quantitative estimate of drug-likeness (QED) is 0.568. The molecule has 4 aliphatic rings. The average molecular weight is 387 g/mol. The van der Waals surface area contributed by atoms with E-state index < -0.39 is 0 Å². The van der Waals surface area contributed by atoms with Crippen molar-refractivity contribution in [3.05, 3.63) is 11.6 Å². The molecule has 0 radical (unpaired) electrons. The molecule has 3 nitrogen and oxygen atoms in total. The van der Waals surface area contributed by atoms with Crippen molar-refractivity contribution in [1.82, 2.24) is 0 Å². The van der Waals surface area contributed by atoms with Gasteiger partial charge in [0.05, 0.1) is 0 Å². The molecule has 0 aliphatic heterocycles. The highest BCUT2D eigenvalue weighted by molar-refractivity contribution is 5.91. The number of allylic oxidation sites excluding steroid dienone is 1. The van der Waals surface area contributed by atoms with Crippen LogP contribution in [-0.4, -0.2) is 17.9 Å². The minimum Gasteiger partial charge on any atom is -0.462 e. The highest BCUT2D eigenvalue weighted by atomic mass is 16.5. The van der Waals surface area contributed by atoms with Crippen molar-refractivity contribution in [3.63, 3.8) is 0 Å². The van der Waals surface area contributed by atoms with Crippen LogP contribution in [0.15, 0.2) is 11.6 Å². The van der Waals surface area contributed by atoms with Crippen molar-refractivity contribution in [2.75, 3.05) is 0 Å². The number of rotatable bonds is 4. The topological polar surface area (TPSA) is 43.4 Å². The van der Waals surface area contributed by atoms with Gasteiger partial charge in [0.25, 0.3) is 0 Å². The van der Waals surface area contributed by atoms with Gasteiger partial charge in [0.1, 0.15) is 6.10 Å². The third kappa shape index (κ3) is 3.27. The Morgan fingerprint density at radius 2 is 1.89 bits per heavy atom. The molecular weight excluding hydrogens is 348 g/mol. The number of esters is 1. The van der Waals surface area contributed by atoms with Gasteiger partial charge in [-0.05, 0) is 86.5 Å². The third-order valence-electron chi connectivity index (χ3n) is 9.07. The molecule has 6 unspecified atom stereocenters. The van der Waals surface area contributed by atoms with Crippen LogP contribution in [-0.2, 0) is 14.3 Å². The Kier molecular flexibility index (Phi) is 5.25. The van der Waals surface area contributed by atoms with Crippen LogP contribution >= 0.6 is 0 Å². The van der Waals surface area contributed by atoms with E-state index >= 15 is 0 Å². The monoisotopic (exact) mass is 386 g/mol. The first-order valence-electron chi connectivity index (χ1n) is 11.7. The molecule has 4 aliphatic carbocycles. The first-order valence-corrected chi connectivity index (χ1v) is 11.7. The number of fused-ring (bicyclic) bond motifs is 5. The third-order valence-corrected chi connectivity index (χ3v) is 9.07. The van der Waals surface area contributed by atoms with Crippen LogP contribution in [0.25, 0.3) is 0 Å². The standard InChI is InChI=1S/C25H38O3/c1-16(2)5-10-23(27)28-22-9-8-20-19-7-6-17-15-18(26)11-13-24(17,3)21(19)12-14-25(20,22)4/h15-16,19-22H,5-14H2,1-4H3. The molecule has 6 atom stereocenters. The number of ketones is 1. The first-order chi connectivity index (χ1) is 13.2. The first kappa shape index (κ1) is 20.2. The molecule has 156 valence electrons. The maximum atomic E-state index is 12.4. The average Bonchev–Trinajstić information content (AvgIpc) is 2.97. The van der Waals surface area contributed by atoms with Crippen molar-refractivity contribution < 1.29 is 14.3 Å². The molecule has 3 saturated carbocycles. The Bertz CT molecular complexity index is 677. The summed E-state index contributed by atoms with van der Waals surface area (Å²) in [6, 6.07) is 0. The van der Waals surface area contributed by atoms with Crippen LogP contribution in [0.4, 0.5) is 0 Å². The molecule has 0 amide bonds. The lowest BCUT2D eigenvalue weighted by Gasteiger charge is -2.57. The van der Waals surface area contributed by atoms with Crippen molar-refractivity contribution >= 4 is 11.8 Å². The molecule has 0 heterocycles. The van der Waals surface area contributed by atoms with Gasteiger partial charge in [-0.15, -0.1) is 0 Å². The van der Waals surface area contributed by atoms with E-state index in [1.807, 2.05) is 6.08 Å². The number of hydrogen-bond acceptors (Lipinski definition) is 3. The van der Waals surface area contributed by atoms with Crippen LogP contribution in [0.3, 0.4) is 0 Å². The summed E-state index contributed by atoms with van der Waals surface area (Å²) in [6.07, 6.45) is 12.3. The predicted molar refractivity (Wildman–Crippen MR) is 111 cm³/mol. The highest BCUT2D eigenvalue weighted by Gasteiger charge is 2.59. The van der Waals surface area contributed by atoms with Crippen LogP contribution in [0.5, 0.6) is 0 Å². The summed E-state index contributed by atoms with van der Waals surface area (Å²) in [4.78, 5) is 24.4. The highest BCUT2D eigenvalue weighted by Crippen LogP contribution is 2.65. The second-order valence-corrected chi connectivity index (χ2v) is 11.0. The Balaban J connectivity index is 1.49. The molecule has 0 N–H and O–H groups in total. The van der Waals surface area contributed by atoms with Crippen LogP contribution in [0, 0.1) is 34.5 Å². The smallest absolute Gasteiger partial charge is 0.306 e. The van der Waals surface area contributed by atoms with Crippen molar-refractivity contribution in [2.24, 2.45) is 34.5 Å². The zero-order valence-electron chi connectivity index (χ0n) is 18.3. The molecule has 0 bridgehead atoms. The molecule has 0 spiro atoms. The molecule has 3 heteroatoms. The Labute approximate surface area is 170 Å². The minimum absolute atomic E-state index is 0.00863. The Morgan fingerprint density at radius 3 is 2.64 bits per heavy atom. The molecule has 0 aromatic rings. The van der Waals surface area contributed by atoms with E-state index in [2.05, 4.69) is 27.7 Å². The van der Waals surface area contributed by atoms with Crippen LogP contribution in [0.2, 0.25) is 0 Å². The normalized spacial score (nSPS) is 42.5. The van der Waals surface area contributed by atoms with Crippen molar-refractivity contribution in [2.45, 2.75) is 98.0 Å². The van der Waals surface area contributed by atoms with Gasteiger partial charge in [-0.1, -0.05) is 33.3 Å². The van der Waals surface area contributed by atoms with Gasteiger partial charge < -0.3 is 4.74 Å². The SMILES string of the molecule is CC(C)CCC(=O)OC1CCC2C3CCC4=CC(=O)CCC4(C)C3CCC12C. The van der Waals surface area contributed by atoms with Gasteiger partial charge in [-0.25, -0.2) is 0 Å². The zero-order valence-corrected chi connectivity index (χ0v) is 18.3. The summed E-state index contributed by atoms with van der Waals surface area (Å²) in [5.74, 6) is 2.99. The van der Waals surface area contributed by atoms with E-state index in [4.69, 9.17) is 4.74 Å². The van der Waals surface area contributed by atoms with Gasteiger partial charge in [-0.2, -0.15) is 0 Å². The maximum Gasteiger partial charge on any atom is 0.306 e. The molecule has 3 fully saturated rings. The van der Waals surface area contributed by atoms with Gasteiger partial charge in [0.15, 0.2) is 5.78 Å². The summed E-state index contributed by atoms with van der Waals surface area (Å²) in [5, 5.41) is 0. The molecule has 0 aromatic heterocycles. The van der Waals surface area contributed by atoms with Gasteiger partial charge in [0, 0.05) is 18.3 Å². The van der Waals surface area contributed by atoms with E-state index in [-0.39, 0.29) is 22.9 Å². The van der Waals surface area contributed by atoms with Gasteiger partial charge in [-0.3, -0.25) is 9.59 Å². The lowest BCUT2D eigenvalue weighted by atomic mass is 9.47. The summed E-state index contributed by atoms with van der Waals surface area (Å²) in [5.41, 5.74) is 1.81. The fourth-order valence-corrected chi connectivity index (χ4v) is 7.33. The molecular formula is C25H38O3. The van der Waals surface area contributed by atoms with E-state index in [0.29, 0.717) is 30.0 Å². The number of carbonyl (C=O) groups is 2. The summed E-state index contributed by atoms with van der Waals surface area (Å²) in [6.45, 7) is 9.15. The number of ether oxygens (including phenoxy) is 1. The van der Waals surface area contributed by atoms with E-state index in [1.54, 1.807) is 0 Å². The fourth-order valence-electron chi connectivity index (χ4n) is 7.33. The molecule has 0 aromatic carbocycles. The maximum absolute atomic E-state index is 12.4. The molecule has 4 rings (SSSR count). The summed E-state index contributed by atoms with van der Waals surface area (Å²) < 4.78 is 6.06. The lowest BCUT2D eigenvalue weighted by Crippen LogP contribution is -2.51. The Morgan fingerprint density at radius 1 is 1.11 bits per heavy atom. The zero-order chi connectivity index (χ0) is 20.1. The minimum atomic E-state index is 0.00863. The second kappa shape index (κ2) is 7.29. The summed E-state index contributed by atoms with van der Waals surface area (Å²) in [7, 11) is 0. The van der Waals surface area contributed by atoms with Gasteiger partial charge in [0.2, 0.25) is 0 Å². The van der Waals surface area contributed by atoms with E-state index in [9.17, 15) is 9.59 Å².